The lowest BCUT2D eigenvalue weighted by Gasteiger charge is -2.13. The Morgan fingerprint density at radius 2 is 1.92 bits per heavy atom. The first-order valence-electron chi connectivity index (χ1n) is 3.98. The maximum atomic E-state index is 11.4. The molecule has 0 aliphatic rings. The van der Waals surface area contributed by atoms with Crippen molar-refractivity contribution in [3.63, 3.8) is 0 Å². The van der Waals surface area contributed by atoms with Crippen LogP contribution >= 0.6 is 0 Å². The van der Waals surface area contributed by atoms with Crippen molar-refractivity contribution >= 4 is 16.7 Å². The fourth-order valence-corrected chi connectivity index (χ4v) is 1.14. The number of hydrogen-bond donors (Lipinski definition) is 0. The molecule has 0 aromatic heterocycles. The van der Waals surface area contributed by atoms with E-state index in [4.69, 9.17) is 0 Å². The van der Waals surface area contributed by atoms with Gasteiger partial charge >= 0.3 is 0 Å². The smallest absolute Gasteiger partial charge is 0.145 e. The van der Waals surface area contributed by atoms with E-state index in [0.717, 1.165) is 5.71 Å². The number of allylic oxidation sites excluding steroid dienone is 2. The Labute approximate surface area is 77.4 Å². The molecule has 0 N–H and O–H groups in total. The Hall–Kier alpha value is -0.440. The maximum Gasteiger partial charge on any atom is 0.145 e. The standard InChI is InChI=1S/C9H17NOS/c1-6-7-8(2)10-12(11)9(3,4)5/h6-7H,1-5H3/b7-6+,10-8+/t12-/m1/s1. The van der Waals surface area contributed by atoms with Crippen molar-refractivity contribution in [1.82, 2.24) is 0 Å². The summed E-state index contributed by atoms with van der Waals surface area (Å²) in [5.74, 6) is 0. The van der Waals surface area contributed by atoms with Gasteiger partial charge in [-0.15, -0.1) is 0 Å². The molecular formula is C9H17NOS. The van der Waals surface area contributed by atoms with Crippen LogP contribution < -0.4 is 0 Å². The summed E-state index contributed by atoms with van der Waals surface area (Å²) in [6, 6.07) is 0. The lowest BCUT2D eigenvalue weighted by Crippen LogP contribution is -2.20. The van der Waals surface area contributed by atoms with E-state index in [1.807, 2.05) is 46.8 Å². The van der Waals surface area contributed by atoms with E-state index in [0.29, 0.717) is 0 Å². The Morgan fingerprint density at radius 1 is 1.42 bits per heavy atom. The van der Waals surface area contributed by atoms with Crippen LogP contribution in [0.1, 0.15) is 34.6 Å². The summed E-state index contributed by atoms with van der Waals surface area (Å²) in [6.07, 6.45) is 3.74. The molecule has 0 aliphatic carbocycles. The Morgan fingerprint density at radius 3 is 2.25 bits per heavy atom. The van der Waals surface area contributed by atoms with E-state index in [9.17, 15) is 4.21 Å². The van der Waals surface area contributed by atoms with Crippen molar-refractivity contribution in [2.75, 3.05) is 0 Å². The topological polar surface area (TPSA) is 29.4 Å². The summed E-state index contributed by atoms with van der Waals surface area (Å²) in [6.45, 7) is 9.50. The molecule has 2 nitrogen and oxygen atoms in total. The van der Waals surface area contributed by atoms with Crippen molar-refractivity contribution in [1.29, 1.82) is 0 Å². The normalized spacial score (nSPS) is 16.9. The van der Waals surface area contributed by atoms with Crippen LogP contribution in [-0.4, -0.2) is 14.7 Å². The molecule has 0 saturated carbocycles. The third kappa shape index (κ3) is 4.44. The van der Waals surface area contributed by atoms with E-state index in [2.05, 4.69) is 4.40 Å². The molecule has 0 amide bonds. The molecule has 1 atom stereocenters. The van der Waals surface area contributed by atoms with Gasteiger partial charge in [-0.3, -0.25) is 0 Å². The fourth-order valence-electron chi connectivity index (χ4n) is 0.539. The van der Waals surface area contributed by atoms with Crippen molar-refractivity contribution in [2.45, 2.75) is 39.4 Å². The molecule has 0 rings (SSSR count). The molecule has 0 radical (unpaired) electrons. The predicted molar refractivity (Wildman–Crippen MR) is 55.8 cm³/mol. The van der Waals surface area contributed by atoms with Crippen LogP contribution in [0, 0.1) is 0 Å². The third-order valence-electron chi connectivity index (χ3n) is 1.16. The molecule has 12 heavy (non-hydrogen) atoms. The quantitative estimate of drug-likeness (QED) is 0.611. The predicted octanol–water partition coefficient (Wildman–Crippen LogP) is 2.49. The molecule has 0 fully saturated rings. The first-order valence-corrected chi connectivity index (χ1v) is 5.08. The SMILES string of the molecule is C/C=C/C(C)=N/[S@](=O)C(C)(C)C. The zero-order valence-corrected chi connectivity index (χ0v) is 9.23. The second-order valence-corrected chi connectivity index (χ2v) is 5.50. The van der Waals surface area contributed by atoms with Gasteiger partial charge in [0.25, 0.3) is 0 Å². The minimum atomic E-state index is -1.13. The average molecular weight is 187 g/mol. The van der Waals surface area contributed by atoms with Crippen LogP contribution in [0.3, 0.4) is 0 Å². The lowest BCUT2D eigenvalue weighted by atomic mass is 10.3. The Kier molecular flexibility index (Phi) is 4.39. The van der Waals surface area contributed by atoms with Crippen LogP contribution in [0.2, 0.25) is 0 Å². The lowest BCUT2D eigenvalue weighted by molar-refractivity contribution is 0.650. The van der Waals surface area contributed by atoms with E-state index in [1.54, 1.807) is 0 Å². The van der Waals surface area contributed by atoms with Gasteiger partial charge in [-0.05, 0) is 40.7 Å². The summed E-state index contributed by atoms with van der Waals surface area (Å²) >= 11 is 0. The van der Waals surface area contributed by atoms with Gasteiger partial charge in [0, 0.05) is 5.71 Å². The zero-order chi connectivity index (χ0) is 9.78. The van der Waals surface area contributed by atoms with E-state index >= 15 is 0 Å². The summed E-state index contributed by atoms with van der Waals surface area (Å²) in [4.78, 5) is 0. The molecule has 0 aromatic carbocycles. The van der Waals surface area contributed by atoms with Gasteiger partial charge in [0.05, 0.1) is 4.75 Å². The number of nitrogens with zero attached hydrogens (tertiary/aromatic N) is 1. The largest absolute Gasteiger partial charge is 0.234 e. The van der Waals surface area contributed by atoms with Gasteiger partial charge in [-0.25, -0.2) is 4.21 Å². The molecule has 0 unspecified atom stereocenters. The van der Waals surface area contributed by atoms with E-state index < -0.39 is 11.0 Å². The van der Waals surface area contributed by atoms with Crippen LogP contribution in [0.4, 0.5) is 0 Å². The second kappa shape index (κ2) is 4.55. The first-order chi connectivity index (χ1) is 5.38. The highest BCUT2D eigenvalue weighted by molar-refractivity contribution is 7.85. The van der Waals surface area contributed by atoms with Crippen LogP contribution in [0.25, 0.3) is 0 Å². The average Bonchev–Trinajstić information content (AvgIpc) is 1.85. The molecule has 0 spiro atoms. The van der Waals surface area contributed by atoms with Gasteiger partial charge in [0.15, 0.2) is 0 Å². The second-order valence-electron chi connectivity index (χ2n) is 3.59. The van der Waals surface area contributed by atoms with Crippen molar-refractivity contribution in [2.24, 2.45) is 4.40 Å². The van der Waals surface area contributed by atoms with Crippen molar-refractivity contribution < 1.29 is 4.21 Å². The monoisotopic (exact) mass is 187 g/mol. The number of rotatable bonds is 2. The Balaban J connectivity index is 4.45. The van der Waals surface area contributed by atoms with Crippen LogP contribution in [-0.2, 0) is 11.0 Å². The van der Waals surface area contributed by atoms with Gasteiger partial charge in [0.2, 0.25) is 0 Å². The number of hydrogen-bond acceptors (Lipinski definition) is 1. The van der Waals surface area contributed by atoms with Crippen molar-refractivity contribution in [3.8, 4) is 0 Å². The maximum absolute atomic E-state index is 11.4. The first kappa shape index (κ1) is 11.6. The molecule has 0 saturated heterocycles. The highest BCUT2D eigenvalue weighted by atomic mass is 32.2. The summed E-state index contributed by atoms with van der Waals surface area (Å²) in [7, 11) is -1.13. The summed E-state index contributed by atoms with van der Waals surface area (Å²) in [5, 5.41) is 0. The molecule has 70 valence electrons. The van der Waals surface area contributed by atoms with Gasteiger partial charge in [-0.2, -0.15) is 4.40 Å². The molecular weight excluding hydrogens is 170 g/mol. The fraction of sp³-hybridized carbons (Fsp3) is 0.667. The van der Waals surface area contributed by atoms with Crippen LogP contribution in [0.5, 0.6) is 0 Å². The zero-order valence-electron chi connectivity index (χ0n) is 8.42. The van der Waals surface area contributed by atoms with Crippen LogP contribution in [0.15, 0.2) is 16.5 Å². The summed E-state index contributed by atoms with van der Waals surface area (Å²) < 4.78 is 15.2. The molecule has 0 aliphatic heterocycles. The van der Waals surface area contributed by atoms with Crippen molar-refractivity contribution in [3.05, 3.63) is 12.2 Å². The Bertz CT molecular complexity index is 223. The third-order valence-corrected chi connectivity index (χ3v) is 2.66. The van der Waals surface area contributed by atoms with Gasteiger partial charge < -0.3 is 0 Å². The minimum Gasteiger partial charge on any atom is -0.234 e. The minimum absolute atomic E-state index is 0.261. The molecule has 0 heterocycles. The summed E-state index contributed by atoms with van der Waals surface area (Å²) in [5.41, 5.74) is 0.811. The highest BCUT2D eigenvalue weighted by Crippen LogP contribution is 2.12. The van der Waals surface area contributed by atoms with Gasteiger partial charge in [-0.1, -0.05) is 6.08 Å². The molecule has 0 aromatic rings. The van der Waals surface area contributed by atoms with Gasteiger partial charge in [0.1, 0.15) is 11.0 Å². The van der Waals surface area contributed by atoms with E-state index in [-0.39, 0.29) is 4.75 Å². The van der Waals surface area contributed by atoms with E-state index in [1.165, 1.54) is 0 Å². The molecule has 0 bridgehead atoms. The molecule has 3 heteroatoms. The highest BCUT2D eigenvalue weighted by Gasteiger charge is 2.18.